The largest absolute Gasteiger partial charge is 0.0917 e. The van der Waals surface area contributed by atoms with Crippen LogP contribution in [0.3, 0.4) is 0 Å². The van der Waals surface area contributed by atoms with Gasteiger partial charge in [-0.25, -0.2) is 0 Å². The summed E-state index contributed by atoms with van der Waals surface area (Å²) in [5.41, 5.74) is 2.48. The zero-order valence-electron chi connectivity index (χ0n) is 14.0. The van der Waals surface area contributed by atoms with Gasteiger partial charge in [0.15, 0.2) is 0 Å². The molecule has 0 nitrogen and oxygen atoms in total. The maximum absolute atomic E-state index is 3.23. The first-order valence-electron chi connectivity index (χ1n) is 8.70. The number of hydrogen-bond acceptors (Lipinski definition) is 0. The summed E-state index contributed by atoms with van der Waals surface area (Å²) in [6, 6.07) is 8.57. The van der Waals surface area contributed by atoms with Gasteiger partial charge < -0.3 is 0 Å². The Bertz CT molecular complexity index is 540. The van der Waals surface area contributed by atoms with Crippen LogP contribution in [0.25, 0.3) is 0 Å². The van der Waals surface area contributed by atoms with Gasteiger partial charge in [0, 0.05) is 5.56 Å². The van der Waals surface area contributed by atoms with Crippen LogP contribution in [0.2, 0.25) is 0 Å². The van der Waals surface area contributed by atoms with E-state index >= 15 is 0 Å². The highest BCUT2D eigenvalue weighted by Crippen LogP contribution is 2.31. The lowest BCUT2D eigenvalue weighted by Gasteiger charge is -2.25. The summed E-state index contributed by atoms with van der Waals surface area (Å²) in [5, 5.41) is 0. The van der Waals surface area contributed by atoms with E-state index < -0.39 is 0 Å². The van der Waals surface area contributed by atoms with Crippen molar-refractivity contribution in [3.8, 4) is 11.8 Å². The molecule has 116 valence electrons. The molecule has 1 aliphatic carbocycles. The van der Waals surface area contributed by atoms with E-state index in [1.54, 1.807) is 0 Å². The van der Waals surface area contributed by atoms with E-state index in [0.29, 0.717) is 0 Å². The lowest BCUT2D eigenvalue weighted by Crippen LogP contribution is -2.12. The van der Waals surface area contributed by atoms with Crippen LogP contribution in [0, 0.1) is 23.7 Å². The van der Waals surface area contributed by atoms with Crippen LogP contribution >= 0.6 is 0 Å². The van der Waals surface area contributed by atoms with Gasteiger partial charge in [0.2, 0.25) is 0 Å². The minimum absolute atomic E-state index is 0.735. The second-order valence-electron chi connectivity index (χ2n) is 6.26. The second kappa shape index (κ2) is 9.31. The molecule has 0 bridgehead atoms. The monoisotopic (exact) mass is 292 g/mol. The lowest BCUT2D eigenvalue weighted by atomic mass is 9.80. The van der Waals surface area contributed by atoms with Gasteiger partial charge in [0.1, 0.15) is 0 Å². The number of hydrogen-bond donors (Lipinski definition) is 0. The number of rotatable bonds is 4. The fourth-order valence-electron chi connectivity index (χ4n) is 3.08. The van der Waals surface area contributed by atoms with Gasteiger partial charge in [-0.05, 0) is 81.1 Å². The molecule has 1 aliphatic rings. The van der Waals surface area contributed by atoms with Crippen molar-refractivity contribution in [3.05, 3.63) is 59.7 Å². The smallest absolute Gasteiger partial charge is 0.0249 e. The molecule has 0 aliphatic heterocycles. The Morgan fingerprint density at radius 1 is 1.09 bits per heavy atom. The summed E-state index contributed by atoms with van der Waals surface area (Å²) in [6.07, 6.45) is 16.6. The molecule has 0 unspecified atom stereocenters. The van der Waals surface area contributed by atoms with Gasteiger partial charge in [0.05, 0.1) is 0 Å². The standard InChI is InChI=1S/C22H28/c1-3-5-8-20-15-17-22(18-16-20)10-7-6-9-21-13-11-19(4-2)12-14-21/h3,5,7,10-14,20,22H,4,8,15-18H2,1-2H3. The topological polar surface area (TPSA) is 0 Å². The molecular weight excluding hydrogens is 264 g/mol. The Hall–Kier alpha value is -1.74. The van der Waals surface area contributed by atoms with Gasteiger partial charge in [-0.15, -0.1) is 0 Å². The van der Waals surface area contributed by atoms with E-state index in [0.717, 1.165) is 23.8 Å². The number of allylic oxidation sites excluding steroid dienone is 4. The highest BCUT2D eigenvalue weighted by molar-refractivity contribution is 5.38. The number of benzene rings is 1. The number of aryl methyl sites for hydroxylation is 1. The van der Waals surface area contributed by atoms with E-state index in [-0.39, 0.29) is 0 Å². The normalized spacial score (nSPS) is 21.9. The van der Waals surface area contributed by atoms with Crippen molar-refractivity contribution in [2.24, 2.45) is 11.8 Å². The van der Waals surface area contributed by atoms with E-state index in [2.05, 4.69) is 74.3 Å². The van der Waals surface area contributed by atoms with Gasteiger partial charge in [-0.3, -0.25) is 0 Å². The van der Waals surface area contributed by atoms with Gasteiger partial charge in [-0.1, -0.05) is 49.1 Å². The third kappa shape index (κ3) is 5.57. The van der Waals surface area contributed by atoms with Crippen LogP contribution < -0.4 is 0 Å². The minimum Gasteiger partial charge on any atom is -0.0917 e. The Morgan fingerprint density at radius 3 is 2.45 bits per heavy atom. The fraction of sp³-hybridized carbons (Fsp3) is 0.455. The molecule has 0 radical (unpaired) electrons. The van der Waals surface area contributed by atoms with Gasteiger partial charge in [0.25, 0.3) is 0 Å². The van der Waals surface area contributed by atoms with Crippen LogP contribution in [0.1, 0.15) is 57.1 Å². The molecule has 0 N–H and O–H groups in total. The van der Waals surface area contributed by atoms with Crippen molar-refractivity contribution in [1.82, 2.24) is 0 Å². The van der Waals surface area contributed by atoms with Gasteiger partial charge in [-0.2, -0.15) is 0 Å². The van der Waals surface area contributed by atoms with Crippen molar-refractivity contribution in [3.63, 3.8) is 0 Å². The summed E-state index contributed by atoms with van der Waals surface area (Å²) in [7, 11) is 0. The van der Waals surface area contributed by atoms with Crippen molar-refractivity contribution < 1.29 is 0 Å². The van der Waals surface area contributed by atoms with Crippen LogP contribution in [-0.4, -0.2) is 0 Å². The van der Waals surface area contributed by atoms with Crippen LogP contribution in [-0.2, 0) is 6.42 Å². The molecule has 2 rings (SSSR count). The first kappa shape index (κ1) is 16.6. The molecular formula is C22H28. The zero-order chi connectivity index (χ0) is 15.6. The van der Waals surface area contributed by atoms with Gasteiger partial charge >= 0.3 is 0 Å². The van der Waals surface area contributed by atoms with Crippen molar-refractivity contribution >= 4 is 0 Å². The molecule has 0 saturated heterocycles. The van der Waals surface area contributed by atoms with Crippen LogP contribution in [0.5, 0.6) is 0 Å². The fourth-order valence-corrected chi connectivity index (χ4v) is 3.08. The predicted molar refractivity (Wildman–Crippen MR) is 96.7 cm³/mol. The summed E-state index contributed by atoms with van der Waals surface area (Å²) in [6.45, 7) is 4.29. The molecule has 1 saturated carbocycles. The molecule has 0 amide bonds. The molecule has 0 aromatic heterocycles. The molecule has 0 spiro atoms. The molecule has 0 atom stereocenters. The Morgan fingerprint density at radius 2 is 1.82 bits per heavy atom. The maximum atomic E-state index is 3.23. The third-order valence-electron chi connectivity index (χ3n) is 4.63. The highest BCUT2D eigenvalue weighted by atomic mass is 14.2. The van der Waals surface area contributed by atoms with Crippen LogP contribution in [0.15, 0.2) is 48.6 Å². The quantitative estimate of drug-likeness (QED) is 0.476. The second-order valence-corrected chi connectivity index (χ2v) is 6.26. The van der Waals surface area contributed by atoms with E-state index in [4.69, 9.17) is 0 Å². The third-order valence-corrected chi connectivity index (χ3v) is 4.63. The maximum Gasteiger partial charge on any atom is 0.0249 e. The molecule has 22 heavy (non-hydrogen) atoms. The van der Waals surface area contributed by atoms with E-state index in [9.17, 15) is 0 Å². The van der Waals surface area contributed by atoms with Crippen molar-refractivity contribution in [2.45, 2.75) is 52.4 Å². The average Bonchev–Trinajstić information content (AvgIpc) is 2.58. The van der Waals surface area contributed by atoms with Crippen molar-refractivity contribution in [2.75, 3.05) is 0 Å². The SMILES string of the molecule is CC=CCC1CCC(C=CC#Cc2ccc(CC)cc2)CC1. The highest BCUT2D eigenvalue weighted by Gasteiger charge is 2.17. The molecule has 1 aromatic rings. The molecule has 0 heterocycles. The van der Waals surface area contributed by atoms with Crippen molar-refractivity contribution in [1.29, 1.82) is 0 Å². The summed E-state index contributed by atoms with van der Waals surface area (Å²) < 4.78 is 0. The first-order chi connectivity index (χ1) is 10.8. The predicted octanol–water partition coefficient (Wildman–Crippen LogP) is 5.93. The molecule has 1 fully saturated rings. The lowest BCUT2D eigenvalue weighted by molar-refractivity contribution is 0.312. The summed E-state index contributed by atoms with van der Waals surface area (Å²) in [5.74, 6) is 8.06. The summed E-state index contributed by atoms with van der Waals surface area (Å²) in [4.78, 5) is 0. The molecule has 1 aromatic carbocycles. The first-order valence-corrected chi connectivity index (χ1v) is 8.70. The molecule has 0 heteroatoms. The summed E-state index contributed by atoms with van der Waals surface area (Å²) >= 11 is 0. The average molecular weight is 292 g/mol. The van der Waals surface area contributed by atoms with E-state index in [1.807, 2.05) is 0 Å². The Balaban J connectivity index is 1.77. The Labute approximate surface area is 136 Å². The zero-order valence-corrected chi connectivity index (χ0v) is 14.0. The van der Waals surface area contributed by atoms with Crippen LogP contribution in [0.4, 0.5) is 0 Å². The minimum atomic E-state index is 0.735. The Kier molecular flexibility index (Phi) is 7.04. The van der Waals surface area contributed by atoms with E-state index in [1.165, 1.54) is 37.7 Å².